The van der Waals surface area contributed by atoms with Gasteiger partial charge in [-0.2, -0.15) is 0 Å². The minimum Gasteiger partial charge on any atom is -0.422 e. The maximum Gasteiger partial charge on any atom is 0.329 e. The predicted molar refractivity (Wildman–Crippen MR) is 62.1 cm³/mol. The Morgan fingerprint density at radius 1 is 1.33 bits per heavy atom. The average molecular weight is 248 g/mol. The van der Waals surface area contributed by atoms with Gasteiger partial charge >= 0.3 is 11.9 Å². The minimum absolute atomic E-state index is 0.544. The molecule has 2 rings (SSSR count). The molecule has 1 aliphatic heterocycles. The number of aliphatic imine (C=N–C) groups is 1. The zero-order valence-electron chi connectivity index (χ0n) is 9.99. The number of hydrogen-bond donors (Lipinski definition) is 0. The van der Waals surface area contributed by atoms with Crippen LogP contribution in [-0.2, 0) is 19.1 Å². The Kier molecular flexibility index (Phi) is 3.10. The predicted octanol–water partition coefficient (Wildman–Crippen LogP) is 1.24. The lowest BCUT2D eigenvalue weighted by Gasteiger charge is -2.31. The van der Waals surface area contributed by atoms with Crippen molar-refractivity contribution in [3.05, 3.63) is 24.5 Å². The van der Waals surface area contributed by atoms with E-state index in [1.807, 2.05) is 0 Å². The van der Waals surface area contributed by atoms with Crippen LogP contribution in [0.25, 0.3) is 0 Å². The van der Waals surface area contributed by atoms with Gasteiger partial charge in [0.25, 0.3) is 5.79 Å². The first kappa shape index (κ1) is 12.2. The summed E-state index contributed by atoms with van der Waals surface area (Å²) < 4.78 is 9.91. The van der Waals surface area contributed by atoms with Gasteiger partial charge in [0.2, 0.25) is 0 Å². The van der Waals surface area contributed by atoms with Crippen LogP contribution >= 0.6 is 0 Å². The van der Waals surface area contributed by atoms with Gasteiger partial charge in [-0.15, -0.1) is 0 Å². The number of esters is 2. The number of pyridine rings is 1. The molecule has 0 spiro atoms. The summed E-state index contributed by atoms with van der Waals surface area (Å²) in [7, 11) is 0. The Bertz CT molecular complexity index is 476. The van der Waals surface area contributed by atoms with Crippen LogP contribution < -0.4 is 0 Å². The maximum absolute atomic E-state index is 11.6. The summed E-state index contributed by atoms with van der Waals surface area (Å²) in [6.45, 7) is 2.99. The fraction of sp³-hybridized carbons (Fsp3) is 0.333. The van der Waals surface area contributed by atoms with Crippen molar-refractivity contribution in [3.63, 3.8) is 0 Å². The molecule has 0 bridgehead atoms. The molecule has 0 radical (unpaired) electrons. The molecule has 6 heteroatoms. The zero-order chi connectivity index (χ0) is 13.2. The lowest BCUT2D eigenvalue weighted by molar-refractivity contribution is -0.235. The molecule has 1 aliphatic rings. The smallest absolute Gasteiger partial charge is 0.329 e. The summed E-state index contributed by atoms with van der Waals surface area (Å²) in [5, 5.41) is 0. The normalized spacial score (nSPS) is 19.7. The summed E-state index contributed by atoms with van der Waals surface area (Å²) in [5.74, 6) is -3.67. The van der Waals surface area contributed by atoms with Crippen molar-refractivity contribution in [2.45, 2.75) is 19.6 Å². The van der Waals surface area contributed by atoms with Crippen LogP contribution in [0.15, 0.2) is 29.5 Å². The lowest BCUT2D eigenvalue weighted by Crippen LogP contribution is -2.46. The summed E-state index contributed by atoms with van der Waals surface area (Å²) >= 11 is 0. The van der Waals surface area contributed by atoms with Gasteiger partial charge in [0.15, 0.2) is 5.92 Å². The van der Waals surface area contributed by atoms with Crippen molar-refractivity contribution in [3.8, 4) is 0 Å². The van der Waals surface area contributed by atoms with Gasteiger partial charge in [-0.1, -0.05) is 0 Å². The van der Waals surface area contributed by atoms with E-state index in [-0.39, 0.29) is 0 Å². The Morgan fingerprint density at radius 3 is 2.56 bits per heavy atom. The van der Waals surface area contributed by atoms with Crippen molar-refractivity contribution < 1.29 is 19.1 Å². The molecule has 0 aliphatic carbocycles. The first-order chi connectivity index (χ1) is 8.48. The molecule has 18 heavy (non-hydrogen) atoms. The van der Waals surface area contributed by atoms with E-state index in [2.05, 4.69) is 9.98 Å². The molecule has 1 saturated heterocycles. The molecule has 0 atom stereocenters. The van der Waals surface area contributed by atoms with Crippen molar-refractivity contribution in [2.24, 2.45) is 10.9 Å². The monoisotopic (exact) mass is 248 g/mol. The fourth-order valence-corrected chi connectivity index (χ4v) is 1.44. The second kappa shape index (κ2) is 4.56. The topological polar surface area (TPSA) is 77.9 Å². The van der Waals surface area contributed by atoms with Crippen LogP contribution in [0, 0.1) is 5.92 Å². The Morgan fingerprint density at radius 2 is 2.00 bits per heavy atom. The molecule has 2 heterocycles. The number of hydrogen-bond acceptors (Lipinski definition) is 6. The number of nitrogens with zero attached hydrogens (tertiary/aromatic N) is 2. The van der Waals surface area contributed by atoms with Gasteiger partial charge in [0.1, 0.15) is 0 Å². The van der Waals surface area contributed by atoms with Crippen LogP contribution in [0.5, 0.6) is 0 Å². The quantitative estimate of drug-likeness (QED) is 0.447. The van der Waals surface area contributed by atoms with Crippen LogP contribution in [0.4, 0.5) is 5.69 Å². The minimum atomic E-state index is -1.22. The number of cyclic esters (lactones) is 2. The summed E-state index contributed by atoms with van der Waals surface area (Å²) in [5.41, 5.74) is 0.544. The summed E-state index contributed by atoms with van der Waals surface area (Å²) in [6.07, 6.45) is 4.32. The SMILES string of the molecule is CC1(C)OC(=O)C(C=Nc2cccnc2)C(=O)O1. The molecular formula is C12H12N2O4. The molecular weight excluding hydrogens is 236 g/mol. The van der Waals surface area contributed by atoms with Gasteiger partial charge in [-0.25, -0.2) is 0 Å². The van der Waals surface area contributed by atoms with E-state index < -0.39 is 23.6 Å². The standard InChI is InChI=1S/C12H12N2O4/c1-12(2)17-10(15)9(11(16)18-12)7-14-8-4-3-5-13-6-8/h3-7,9H,1-2H3. The first-order valence-corrected chi connectivity index (χ1v) is 5.38. The summed E-state index contributed by atoms with van der Waals surface area (Å²) in [6, 6.07) is 3.40. The Labute approximate surface area is 104 Å². The first-order valence-electron chi connectivity index (χ1n) is 5.38. The molecule has 1 fully saturated rings. The van der Waals surface area contributed by atoms with E-state index >= 15 is 0 Å². The van der Waals surface area contributed by atoms with Gasteiger partial charge in [0, 0.05) is 26.3 Å². The van der Waals surface area contributed by atoms with Crippen LogP contribution in [0.2, 0.25) is 0 Å². The Hall–Kier alpha value is -2.24. The molecule has 0 N–H and O–H groups in total. The second-order valence-corrected chi connectivity index (χ2v) is 4.21. The number of carbonyl (C=O) groups excluding carboxylic acids is 2. The summed E-state index contributed by atoms with van der Waals surface area (Å²) in [4.78, 5) is 31.1. The molecule has 0 unspecified atom stereocenters. The third-order valence-corrected chi connectivity index (χ3v) is 2.22. The average Bonchev–Trinajstić information content (AvgIpc) is 2.27. The molecule has 94 valence electrons. The van der Waals surface area contributed by atoms with E-state index in [1.54, 1.807) is 18.3 Å². The maximum atomic E-state index is 11.6. The van der Waals surface area contributed by atoms with Crippen LogP contribution in [0.3, 0.4) is 0 Å². The van der Waals surface area contributed by atoms with E-state index in [0.29, 0.717) is 5.69 Å². The van der Waals surface area contributed by atoms with Crippen molar-refractivity contribution >= 4 is 23.8 Å². The molecule has 1 aromatic heterocycles. The van der Waals surface area contributed by atoms with E-state index in [4.69, 9.17) is 9.47 Å². The highest BCUT2D eigenvalue weighted by atomic mass is 16.7. The molecule has 0 aromatic carbocycles. The van der Waals surface area contributed by atoms with Crippen molar-refractivity contribution in [2.75, 3.05) is 0 Å². The van der Waals surface area contributed by atoms with Crippen LogP contribution in [0.1, 0.15) is 13.8 Å². The van der Waals surface area contributed by atoms with Gasteiger partial charge in [-0.05, 0) is 12.1 Å². The number of aromatic nitrogens is 1. The highest BCUT2D eigenvalue weighted by Crippen LogP contribution is 2.22. The second-order valence-electron chi connectivity index (χ2n) is 4.21. The number of carbonyl (C=O) groups is 2. The van der Waals surface area contributed by atoms with Crippen LogP contribution in [-0.4, -0.2) is 28.9 Å². The number of rotatable bonds is 2. The highest BCUT2D eigenvalue weighted by Gasteiger charge is 2.42. The van der Waals surface area contributed by atoms with E-state index in [1.165, 1.54) is 26.3 Å². The lowest BCUT2D eigenvalue weighted by atomic mass is 10.1. The number of ether oxygens (including phenoxy) is 2. The largest absolute Gasteiger partial charge is 0.422 e. The van der Waals surface area contributed by atoms with E-state index in [0.717, 1.165) is 0 Å². The molecule has 6 nitrogen and oxygen atoms in total. The highest BCUT2D eigenvalue weighted by molar-refractivity contribution is 6.10. The fourth-order valence-electron chi connectivity index (χ4n) is 1.44. The molecule has 1 aromatic rings. The zero-order valence-corrected chi connectivity index (χ0v) is 9.99. The van der Waals surface area contributed by atoms with Gasteiger partial charge < -0.3 is 9.47 Å². The molecule has 0 saturated carbocycles. The third kappa shape index (κ3) is 2.71. The molecule has 0 amide bonds. The third-order valence-electron chi connectivity index (χ3n) is 2.22. The van der Waals surface area contributed by atoms with Crippen molar-refractivity contribution in [1.82, 2.24) is 4.98 Å². The van der Waals surface area contributed by atoms with Crippen molar-refractivity contribution in [1.29, 1.82) is 0 Å². The van der Waals surface area contributed by atoms with Gasteiger partial charge in [0.05, 0.1) is 11.9 Å². The van der Waals surface area contributed by atoms with Gasteiger partial charge in [-0.3, -0.25) is 19.6 Å². The van der Waals surface area contributed by atoms with E-state index in [9.17, 15) is 9.59 Å². The Balaban J connectivity index is 2.13.